The number of hydrogen-bond acceptors (Lipinski definition) is 2. The summed E-state index contributed by atoms with van der Waals surface area (Å²) in [6.07, 6.45) is 3.99. The number of aryl methyl sites for hydroxylation is 1. The minimum atomic E-state index is -0.280. The normalized spacial score (nSPS) is 13.0. The highest BCUT2D eigenvalue weighted by atomic mass is 16.3. The van der Waals surface area contributed by atoms with Gasteiger partial charge >= 0.3 is 0 Å². The van der Waals surface area contributed by atoms with E-state index < -0.39 is 0 Å². The Kier molecular flexibility index (Phi) is 2.60. The van der Waals surface area contributed by atoms with Crippen molar-refractivity contribution >= 4 is 0 Å². The lowest BCUT2D eigenvalue weighted by molar-refractivity contribution is 0.195. The van der Waals surface area contributed by atoms with E-state index in [0.717, 1.165) is 5.56 Å². The van der Waals surface area contributed by atoms with Crippen molar-refractivity contribution in [2.45, 2.75) is 26.4 Å². The van der Waals surface area contributed by atoms with E-state index in [0.29, 0.717) is 6.42 Å². The average Bonchev–Trinajstić information content (AvgIpc) is 1.93. The number of pyridine rings is 1. The van der Waals surface area contributed by atoms with Crippen LogP contribution in [0, 0.1) is 6.92 Å². The third kappa shape index (κ3) is 2.31. The van der Waals surface area contributed by atoms with Crippen LogP contribution in [0.3, 0.4) is 0 Å². The maximum atomic E-state index is 9.10. The van der Waals surface area contributed by atoms with Crippen LogP contribution in [-0.4, -0.2) is 16.2 Å². The maximum absolute atomic E-state index is 9.10. The Morgan fingerprint density at radius 3 is 2.91 bits per heavy atom. The Bertz CT molecular complexity index is 233. The van der Waals surface area contributed by atoms with Crippen LogP contribution in [0.25, 0.3) is 0 Å². The first-order valence-electron chi connectivity index (χ1n) is 3.77. The molecule has 60 valence electrons. The second-order valence-corrected chi connectivity index (χ2v) is 2.86. The zero-order chi connectivity index (χ0) is 8.27. The Labute approximate surface area is 66.9 Å². The molecule has 1 N–H and O–H groups in total. The molecule has 0 amide bonds. The van der Waals surface area contributed by atoms with Crippen LogP contribution in [0.1, 0.15) is 18.1 Å². The Morgan fingerprint density at radius 1 is 1.64 bits per heavy atom. The maximum Gasteiger partial charge on any atom is 0.0553 e. The van der Waals surface area contributed by atoms with Crippen molar-refractivity contribution < 1.29 is 5.11 Å². The van der Waals surface area contributed by atoms with Crippen molar-refractivity contribution in [1.82, 2.24) is 4.98 Å². The van der Waals surface area contributed by atoms with E-state index in [1.165, 1.54) is 5.56 Å². The third-order valence-corrected chi connectivity index (χ3v) is 1.66. The molecule has 0 spiro atoms. The summed E-state index contributed by atoms with van der Waals surface area (Å²) >= 11 is 0. The van der Waals surface area contributed by atoms with Crippen LogP contribution in [0.2, 0.25) is 0 Å². The molecule has 1 rings (SSSR count). The van der Waals surface area contributed by atoms with Gasteiger partial charge in [-0.2, -0.15) is 0 Å². The van der Waals surface area contributed by atoms with Gasteiger partial charge in [0.2, 0.25) is 0 Å². The molecule has 0 bridgehead atoms. The van der Waals surface area contributed by atoms with Gasteiger partial charge in [0.15, 0.2) is 0 Å². The van der Waals surface area contributed by atoms with Crippen LogP contribution in [0.4, 0.5) is 0 Å². The molecule has 1 aromatic rings. The summed E-state index contributed by atoms with van der Waals surface area (Å²) in [6.45, 7) is 3.81. The number of nitrogens with zero attached hydrogens (tertiary/aromatic N) is 1. The smallest absolute Gasteiger partial charge is 0.0553 e. The van der Waals surface area contributed by atoms with Gasteiger partial charge < -0.3 is 5.11 Å². The highest BCUT2D eigenvalue weighted by molar-refractivity contribution is 5.21. The number of aromatic nitrogens is 1. The molecule has 0 radical (unpaired) electrons. The molecular weight excluding hydrogens is 138 g/mol. The molecule has 0 aliphatic carbocycles. The zero-order valence-electron chi connectivity index (χ0n) is 6.91. The summed E-state index contributed by atoms with van der Waals surface area (Å²) in [5.41, 5.74) is 2.32. The fourth-order valence-corrected chi connectivity index (χ4v) is 1.03. The fourth-order valence-electron chi connectivity index (χ4n) is 1.03. The SMILES string of the molecule is Cc1ccncc1CC(C)O. The topological polar surface area (TPSA) is 33.1 Å². The predicted molar refractivity (Wildman–Crippen MR) is 44.4 cm³/mol. The van der Waals surface area contributed by atoms with Crippen LogP contribution < -0.4 is 0 Å². The molecular formula is C9H13NO. The molecule has 0 saturated carbocycles. The summed E-state index contributed by atoms with van der Waals surface area (Å²) in [7, 11) is 0. The molecule has 0 fully saturated rings. The van der Waals surface area contributed by atoms with Crippen LogP contribution >= 0.6 is 0 Å². The van der Waals surface area contributed by atoms with Gasteiger partial charge in [-0.3, -0.25) is 4.98 Å². The Hall–Kier alpha value is -0.890. The van der Waals surface area contributed by atoms with E-state index in [1.807, 2.05) is 19.2 Å². The molecule has 2 heteroatoms. The average molecular weight is 151 g/mol. The van der Waals surface area contributed by atoms with Crippen molar-refractivity contribution in [2.24, 2.45) is 0 Å². The molecule has 1 aromatic heterocycles. The van der Waals surface area contributed by atoms with E-state index in [1.54, 1.807) is 13.1 Å². The lowest BCUT2D eigenvalue weighted by atomic mass is 10.1. The third-order valence-electron chi connectivity index (χ3n) is 1.66. The van der Waals surface area contributed by atoms with Crippen molar-refractivity contribution in [2.75, 3.05) is 0 Å². The summed E-state index contributed by atoms with van der Waals surface area (Å²) in [6, 6.07) is 1.96. The van der Waals surface area contributed by atoms with Gasteiger partial charge in [0, 0.05) is 12.4 Å². The monoisotopic (exact) mass is 151 g/mol. The number of aliphatic hydroxyl groups excluding tert-OH is 1. The van der Waals surface area contributed by atoms with Gasteiger partial charge in [-0.05, 0) is 37.5 Å². The minimum absolute atomic E-state index is 0.280. The summed E-state index contributed by atoms with van der Waals surface area (Å²) in [4.78, 5) is 3.99. The fraction of sp³-hybridized carbons (Fsp3) is 0.444. The molecule has 1 unspecified atom stereocenters. The first kappa shape index (κ1) is 8.21. The van der Waals surface area contributed by atoms with Crippen molar-refractivity contribution in [3.8, 4) is 0 Å². The van der Waals surface area contributed by atoms with E-state index >= 15 is 0 Å². The predicted octanol–water partition coefficient (Wildman–Crippen LogP) is 1.31. The van der Waals surface area contributed by atoms with Crippen LogP contribution in [0.15, 0.2) is 18.5 Å². The van der Waals surface area contributed by atoms with Gasteiger partial charge in [0.05, 0.1) is 6.10 Å². The van der Waals surface area contributed by atoms with Gasteiger partial charge in [-0.25, -0.2) is 0 Å². The molecule has 0 aliphatic rings. The first-order valence-corrected chi connectivity index (χ1v) is 3.77. The summed E-state index contributed by atoms with van der Waals surface area (Å²) in [5.74, 6) is 0. The summed E-state index contributed by atoms with van der Waals surface area (Å²) < 4.78 is 0. The van der Waals surface area contributed by atoms with Crippen molar-refractivity contribution in [3.05, 3.63) is 29.6 Å². The van der Waals surface area contributed by atoms with E-state index in [4.69, 9.17) is 5.11 Å². The molecule has 0 aliphatic heterocycles. The lowest BCUT2D eigenvalue weighted by Crippen LogP contribution is -2.05. The number of hydrogen-bond donors (Lipinski definition) is 1. The molecule has 1 heterocycles. The number of rotatable bonds is 2. The lowest BCUT2D eigenvalue weighted by Gasteiger charge is -2.05. The Balaban J connectivity index is 2.78. The van der Waals surface area contributed by atoms with Crippen molar-refractivity contribution in [1.29, 1.82) is 0 Å². The Morgan fingerprint density at radius 2 is 2.36 bits per heavy atom. The molecule has 1 atom stereocenters. The van der Waals surface area contributed by atoms with Gasteiger partial charge in [-0.1, -0.05) is 0 Å². The van der Waals surface area contributed by atoms with Crippen molar-refractivity contribution in [3.63, 3.8) is 0 Å². The minimum Gasteiger partial charge on any atom is -0.393 e. The second-order valence-electron chi connectivity index (χ2n) is 2.86. The van der Waals surface area contributed by atoms with Crippen LogP contribution in [0.5, 0.6) is 0 Å². The van der Waals surface area contributed by atoms with E-state index in [2.05, 4.69) is 4.98 Å². The zero-order valence-corrected chi connectivity index (χ0v) is 6.91. The highest BCUT2D eigenvalue weighted by Gasteiger charge is 2.00. The van der Waals surface area contributed by atoms with Gasteiger partial charge in [0.25, 0.3) is 0 Å². The molecule has 0 aromatic carbocycles. The number of aliphatic hydroxyl groups is 1. The molecule has 0 saturated heterocycles. The van der Waals surface area contributed by atoms with Crippen LogP contribution in [-0.2, 0) is 6.42 Å². The van der Waals surface area contributed by atoms with E-state index in [9.17, 15) is 0 Å². The van der Waals surface area contributed by atoms with E-state index in [-0.39, 0.29) is 6.10 Å². The quantitative estimate of drug-likeness (QED) is 0.691. The molecule has 2 nitrogen and oxygen atoms in total. The molecule has 11 heavy (non-hydrogen) atoms. The first-order chi connectivity index (χ1) is 5.20. The summed E-state index contributed by atoms with van der Waals surface area (Å²) in [5, 5.41) is 9.10. The van der Waals surface area contributed by atoms with Gasteiger partial charge in [0.1, 0.15) is 0 Å². The van der Waals surface area contributed by atoms with Gasteiger partial charge in [-0.15, -0.1) is 0 Å². The standard InChI is InChI=1S/C9H13NO/c1-7-3-4-10-6-9(7)5-8(2)11/h3-4,6,8,11H,5H2,1-2H3. The second kappa shape index (κ2) is 3.49. The highest BCUT2D eigenvalue weighted by Crippen LogP contribution is 2.07. The largest absolute Gasteiger partial charge is 0.393 e.